The maximum atomic E-state index is 13.9. The zero-order chi connectivity index (χ0) is 25.7. The van der Waals surface area contributed by atoms with Crippen molar-refractivity contribution < 1.29 is 4.79 Å². The van der Waals surface area contributed by atoms with E-state index >= 15 is 0 Å². The number of nitriles is 1. The molecule has 0 saturated heterocycles. The molecule has 1 atom stereocenters. The molecule has 0 saturated carbocycles. The summed E-state index contributed by atoms with van der Waals surface area (Å²) in [6.07, 6.45) is 6.92. The number of amides is 1. The molecular formula is C29H28N4O2S2. The summed E-state index contributed by atoms with van der Waals surface area (Å²) in [7, 11) is 0. The Labute approximate surface area is 223 Å². The Bertz CT molecular complexity index is 1650. The van der Waals surface area contributed by atoms with E-state index in [-0.39, 0.29) is 18.0 Å². The number of hydrogen-bond donors (Lipinski definition) is 1. The number of benzene rings is 1. The van der Waals surface area contributed by atoms with Crippen LogP contribution in [0.1, 0.15) is 58.2 Å². The molecule has 0 bridgehead atoms. The highest BCUT2D eigenvalue weighted by atomic mass is 32.1. The molecule has 37 heavy (non-hydrogen) atoms. The quantitative estimate of drug-likeness (QED) is 0.351. The molecule has 0 radical (unpaired) electrons. The van der Waals surface area contributed by atoms with Crippen LogP contribution in [-0.2, 0) is 37.0 Å². The highest BCUT2D eigenvalue weighted by Crippen LogP contribution is 2.39. The molecule has 3 aromatic heterocycles. The predicted molar refractivity (Wildman–Crippen MR) is 150 cm³/mol. The van der Waals surface area contributed by atoms with Gasteiger partial charge in [-0.05, 0) is 75.0 Å². The van der Waals surface area contributed by atoms with E-state index in [9.17, 15) is 14.9 Å². The van der Waals surface area contributed by atoms with E-state index in [2.05, 4.69) is 18.3 Å². The molecule has 1 N–H and O–H groups in total. The lowest BCUT2D eigenvalue weighted by Crippen LogP contribution is -2.30. The molecule has 1 amide bonds. The van der Waals surface area contributed by atoms with Gasteiger partial charge in [-0.2, -0.15) is 5.26 Å². The monoisotopic (exact) mass is 528 g/mol. The molecule has 0 spiro atoms. The van der Waals surface area contributed by atoms with Crippen LogP contribution in [0.2, 0.25) is 0 Å². The Kier molecular flexibility index (Phi) is 6.21. The number of anilines is 1. The van der Waals surface area contributed by atoms with Crippen LogP contribution in [0.25, 0.3) is 21.6 Å². The summed E-state index contributed by atoms with van der Waals surface area (Å²) >= 11 is 3.12. The molecule has 1 aromatic carbocycles. The van der Waals surface area contributed by atoms with E-state index in [1.54, 1.807) is 11.3 Å². The molecule has 3 heterocycles. The minimum Gasteiger partial charge on any atom is -0.315 e. The molecular weight excluding hydrogens is 500 g/mol. The van der Waals surface area contributed by atoms with Gasteiger partial charge in [0.05, 0.1) is 10.9 Å². The van der Waals surface area contributed by atoms with E-state index in [4.69, 9.17) is 4.98 Å². The average Bonchev–Trinajstić information content (AvgIpc) is 3.42. The minimum atomic E-state index is -0.315. The number of aromatic nitrogens is 2. The summed E-state index contributed by atoms with van der Waals surface area (Å²) in [6, 6.07) is 10.2. The maximum Gasteiger partial charge on any atom is 0.263 e. The van der Waals surface area contributed by atoms with Gasteiger partial charge < -0.3 is 5.32 Å². The van der Waals surface area contributed by atoms with Gasteiger partial charge in [0.15, 0.2) is 0 Å². The van der Waals surface area contributed by atoms with Gasteiger partial charge in [-0.15, -0.1) is 22.7 Å². The highest BCUT2D eigenvalue weighted by molar-refractivity contribution is 7.18. The number of fused-ring (bicyclic) bond motifs is 4. The molecule has 188 valence electrons. The van der Waals surface area contributed by atoms with Crippen molar-refractivity contribution in [2.45, 2.75) is 65.3 Å². The molecule has 0 fully saturated rings. The van der Waals surface area contributed by atoms with Gasteiger partial charge in [0.25, 0.3) is 5.56 Å². The van der Waals surface area contributed by atoms with Crippen molar-refractivity contribution in [2.24, 2.45) is 5.92 Å². The lowest BCUT2D eigenvalue weighted by atomic mass is 9.89. The fourth-order valence-electron chi connectivity index (χ4n) is 5.66. The third kappa shape index (κ3) is 4.30. The third-order valence-corrected chi connectivity index (χ3v) is 9.88. The second-order valence-electron chi connectivity index (χ2n) is 10.3. The fourth-order valence-corrected chi connectivity index (χ4v) is 8.29. The standard InChI is InChI=1S/C29H28N4O2S2/c1-16-6-5-7-18(12-16)26-32-28-25(20-8-3-4-9-22(20)36-28)29(35)33(26)15-24(34)31-27-21(14-30)19-11-10-17(2)13-23(19)37-27/h5-7,12,17H,3-4,8-11,13,15H2,1-2H3,(H,31,34). The van der Waals surface area contributed by atoms with Crippen LogP contribution < -0.4 is 10.9 Å². The summed E-state index contributed by atoms with van der Waals surface area (Å²) in [5, 5.41) is 14.1. The largest absolute Gasteiger partial charge is 0.315 e. The predicted octanol–water partition coefficient (Wildman–Crippen LogP) is 6.01. The zero-order valence-electron chi connectivity index (χ0n) is 21.0. The van der Waals surface area contributed by atoms with E-state index in [0.717, 1.165) is 72.0 Å². The van der Waals surface area contributed by atoms with Crippen LogP contribution in [0.15, 0.2) is 29.1 Å². The number of carbonyl (C=O) groups excluding carboxylic acids is 1. The van der Waals surface area contributed by atoms with Crippen molar-refractivity contribution >= 4 is 43.8 Å². The first kappa shape index (κ1) is 24.1. The zero-order valence-corrected chi connectivity index (χ0v) is 22.7. The van der Waals surface area contributed by atoms with E-state index in [1.807, 2.05) is 31.2 Å². The molecule has 6 rings (SSSR count). The van der Waals surface area contributed by atoms with Crippen molar-refractivity contribution in [3.8, 4) is 17.5 Å². The van der Waals surface area contributed by atoms with E-state index in [0.29, 0.717) is 27.7 Å². The SMILES string of the molecule is Cc1cccc(-c2nc3sc4c(c3c(=O)n2CC(=O)Nc2sc3c(c2C#N)CCC(C)C3)CCCC4)c1. The second-order valence-corrected chi connectivity index (χ2v) is 12.5. The van der Waals surface area contributed by atoms with Gasteiger partial charge >= 0.3 is 0 Å². The Morgan fingerprint density at radius 2 is 2.03 bits per heavy atom. The number of nitrogens with zero attached hydrogens (tertiary/aromatic N) is 3. The molecule has 8 heteroatoms. The van der Waals surface area contributed by atoms with Crippen molar-refractivity contribution in [1.29, 1.82) is 5.26 Å². The van der Waals surface area contributed by atoms with Crippen LogP contribution >= 0.6 is 22.7 Å². The number of aryl methyl sites for hydroxylation is 3. The summed E-state index contributed by atoms with van der Waals surface area (Å²) < 4.78 is 1.52. The Hall–Kier alpha value is -3.28. The number of carbonyl (C=O) groups is 1. The molecule has 0 aliphatic heterocycles. The number of hydrogen-bond acceptors (Lipinski definition) is 6. The van der Waals surface area contributed by atoms with Crippen LogP contribution in [-0.4, -0.2) is 15.5 Å². The van der Waals surface area contributed by atoms with Gasteiger partial charge in [0, 0.05) is 15.3 Å². The summed E-state index contributed by atoms with van der Waals surface area (Å²) in [4.78, 5) is 35.5. The minimum absolute atomic E-state index is 0.153. The lowest BCUT2D eigenvalue weighted by molar-refractivity contribution is -0.116. The first-order valence-electron chi connectivity index (χ1n) is 12.9. The number of rotatable bonds is 4. The van der Waals surface area contributed by atoms with Crippen LogP contribution in [0.4, 0.5) is 5.00 Å². The first-order chi connectivity index (χ1) is 17.9. The van der Waals surface area contributed by atoms with E-state index in [1.165, 1.54) is 25.7 Å². The molecule has 4 aromatic rings. The topological polar surface area (TPSA) is 87.8 Å². The average molecular weight is 529 g/mol. The smallest absolute Gasteiger partial charge is 0.263 e. The van der Waals surface area contributed by atoms with Gasteiger partial charge in [-0.3, -0.25) is 14.2 Å². The second kappa shape index (κ2) is 9.55. The summed E-state index contributed by atoms with van der Waals surface area (Å²) in [5.74, 6) is 0.769. The van der Waals surface area contributed by atoms with Crippen molar-refractivity contribution in [3.05, 3.63) is 66.6 Å². The molecule has 6 nitrogen and oxygen atoms in total. The number of thiophene rings is 2. The molecule has 1 unspecified atom stereocenters. The van der Waals surface area contributed by atoms with E-state index < -0.39 is 0 Å². The van der Waals surface area contributed by atoms with Gasteiger partial charge in [0.2, 0.25) is 5.91 Å². The van der Waals surface area contributed by atoms with Gasteiger partial charge in [0.1, 0.15) is 28.3 Å². The number of nitrogens with one attached hydrogen (secondary N) is 1. The summed E-state index contributed by atoms with van der Waals surface area (Å²) in [6.45, 7) is 4.07. The van der Waals surface area contributed by atoms with Crippen molar-refractivity contribution in [3.63, 3.8) is 0 Å². The Balaban J connectivity index is 1.42. The first-order valence-corrected chi connectivity index (χ1v) is 14.5. The molecule has 2 aliphatic carbocycles. The Morgan fingerprint density at radius 1 is 1.19 bits per heavy atom. The normalized spacial score (nSPS) is 16.7. The lowest BCUT2D eigenvalue weighted by Gasteiger charge is -2.17. The molecule has 2 aliphatic rings. The fraction of sp³-hybridized carbons (Fsp3) is 0.379. The summed E-state index contributed by atoms with van der Waals surface area (Å²) in [5.41, 5.74) is 4.48. The highest BCUT2D eigenvalue weighted by Gasteiger charge is 2.26. The van der Waals surface area contributed by atoms with Crippen molar-refractivity contribution in [2.75, 3.05) is 5.32 Å². The van der Waals surface area contributed by atoms with Gasteiger partial charge in [-0.25, -0.2) is 4.98 Å². The van der Waals surface area contributed by atoms with Gasteiger partial charge in [-0.1, -0.05) is 30.7 Å². The van der Waals surface area contributed by atoms with Crippen LogP contribution in [0, 0.1) is 24.2 Å². The van der Waals surface area contributed by atoms with Crippen molar-refractivity contribution in [1.82, 2.24) is 9.55 Å². The third-order valence-electron chi connectivity index (χ3n) is 7.53. The van der Waals surface area contributed by atoms with Crippen LogP contribution in [0.3, 0.4) is 0 Å². The maximum absolute atomic E-state index is 13.9. The van der Waals surface area contributed by atoms with Crippen LogP contribution in [0.5, 0.6) is 0 Å². The Morgan fingerprint density at radius 3 is 2.84 bits per heavy atom.